The van der Waals surface area contributed by atoms with Crippen LogP contribution in [0.15, 0.2) is 291 Å². The molecule has 0 fully saturated rings. The highest BCUT2D eigenvalue weighted by atomic mass is 15.0. The second kappa shape index (κ2) is 16.7. The molecule has 0 unspecified atom stereocenters. The van der Waals surface area contributed by atoms with Crippen LogP contribution in [0.2, 0.25) is 0 Å². The summed E-state index contributed by atoms with van der Waals surface area (Å²) in [5.41, 5.74) is 24.3. The summed E-state index contributed by atoms with van der Waals surface area (Å²) in [4.78, 5) is 0. The first-order valence-electron chi connectivity index (χ1n) is 28.2. The van der Waals surface area contributed by atoms with Crippen LogP contribution < -0.4 is 0 Å². The van der Waals surface area contributed by atoms with Gasteiger partial charge in [-0.15, -0.1) is 0 Å². The van der Waals surface area contributed by atoms with E-state index in [-0.39, 0.29) is 0 Å². The molecule has 0 N–H and O–H groups in total. The van der Waals surface area contributed by atoms with Crippen LogP contribution in [-0.4, -0.2) is 9.13 Å². The third-order valence-corrected chi connectivity index (χ3v) is 18.3. The fourth-order valence-corrected chi connectivity index (χ4v) is 15.1. The zero-order valence-electron chi connectivity index (χ0n) is 44.1. The van der Waals surface area contributed by atoms with Crippen LogP contribution in [0.5, 0.6) is 0 Å². The summed E-state index contributed by atoms with van der Waals surface area (Å²) < 4.78 is 4.88. The first-order valence-corrected chi connectivity index (χ1v) is 28.2. The Morgan fingerprint density at radius 3 is 1.21 bits per heavy atom. The van der Waals surface area contributed by atoms with Crippen molar-refractivity contribution < 1.29 is 0 Å². The highest BCUT2D eigenvalue weighted by Gasteiger charge is 2.53. The van der Waals surface area contributed by atoms with E-state index in [1.165, 1.54) is 154 Å². The van der Waals surface area contributed by atoms with Gasteiger partial charge in [0.15, 0.2) is 0 Å². The maximum Gasteiger partial charge on any atom is 0.0731 e. The first-order chi connectivity index (χ1) is 40.2. The maximum atomic E-state index is 2.52. The molecule has 2 nitrogen and oxygen atoms in total. The van der Waals surface area contributed by atoms with E-state index in [1.54, 1.807) is 0 Å². The van der Waals surface area contributed by atoms with E-state index in [0.29, 0.717) is 0 Å². The molecule has 0 amide bonds. The minimum Gasteiger partial charge on any atom is -0.309 e. The van der Waals surface area contributed by atoms with Crippen LogP contribution in [0.3, 0.4) is 0 Å². The summed E-state index contributed by atoms with van der Waals surface area (Å²) in [5, 5.41) is 12.4. The van der Waals surface area contributed by atoms with Crippen LogP contribution >= 0.6 is 0 Å². The largest absolute Gasteiger partial charge is 0.309 e. The average molecular weight is 1030 g/mol. The van der Waals surface area contributed by atoms with Crippen molar-refractivity contribution in [1.82, 2.24) is 9.13 Å². The number of nitrogens with zero attached hydrogens (tertiary/aromatic N) is 2. The number of hydrogen-bond donors (Lipinski definition) is 0. The molecular formula is C79H48N2. The zero-order valence-corrected chi connectivity index (χ0v) is 44.1. The van der Waals surface area contributed by atoms with Crippen molar-refractivity contribution in [1.29, 1.82) is 0 Å². The molecule has 16 aromatic rings. The number of benzene rings is 14. The lowest BCUT2D eigenvalue weighted by atomic mass is 9.68. The number of hydrogen-bond acceptors (Lipinski definition) is 0. The summed E-state index contributed by atoms with van der Waals surface area (Å²) in [5.74, 6) is 0. The SMILES string of the molecule is c1ccc(-n2c3ccccc3c3ccc(-c4cccc5c(-c6cccc7c6C6(c8ccccc8-c8ccccc86)c6ccc8ccccc8c6-7)c6cccc(-c7ccc8c9ccccc9n(-c9ccccc9)c8c7)c6cc45)cc32)cc1. The van der Waals surface area contributed by atoms with Gasteiger partial charge in [-0.1, -0.05) is 237 Å². The zero-order chi connectivity index (χ0) is 52.9. The number of rotatable bonds is 5. The van der Waals surface area contributed by atoms with E-state index in [9.17, 15) is 0 Å². The van der Waals surface area contributed by atoms with Crippen molar-refractivity contribution in [3.05, 3.63) is 313 Å². The summed E-state index contributed by atoms with van der Waals surface area (Å²) in [7, 11) is 0. The van der Waals surface area contributed by atoms with E-state index in [1.807, 2.05) is 0 Å². The molecule has 18 rings (SSSR count). The second-order valence-corrected chi connectivity index (χ2v) is 22.2. The molecule has 2 aliphatic carbocycles. The lowest BCUT2D eigenvalue weighted by Crippen LogP contribution is -2.26. The van der Waals surface area contributed by atoms with Gasteiger partial charge in [0.1, 0.15) is 0 Å². The van der Waals surface area contributed by atoms with Crippen LogP contribution in [0, 0.1) is 0 Å². The molecule has 81 heavy (non-hydrogen) atoms. The van der Waals surface area contributed by atoms with Gasteiger partial charge in [-0.05, 0) is 165 Å². The highest BCUT2D eigenvalue weighted by Crippen LogP contribution is 2.66. The Labute approximate surface area is 468 Å². The lowest BCUT2D eigenvalue weighted by molar-refractivity contribution is 0.796. The van der Waals surface area contributed by atoms with Crippen LogP contribution in [0.4, 0.5) is 0 Å². The molecule has 0 aliphatic heterocycles. The Bertz CT molecular complexity index is 5080. The summed E-state index contributed by atoms with van der Waals surface area (Å²) in [6.45, 7) is 0. The standard InChI is InChI=1S/C79H48N2/c1-3-21-52(22-4-1)80-72-38-15-11-28-59(72)61-43-40-50(46-74(61)80)54-30-17-32-63-67(54)48-68-55(51-41-44-62-60-29-12-16-39-73(60)81(75(62)47-51)53-23-5-2-6-24-53)31-18-33-64(68)76(63)65-34-19-35-66-77-56-25-8-7-20-49(56)42-45-71(77)79(78(65)66)69-36-13-9-26-57(69)58-27-10-14-37-70(58)79/h1-48H. The van der Waals surface area contributed by atoms with Crippen molar-refractivity contribution in [2.75, 3.05) is 0 Å². The fourth-order valence-electron chi connectivity index (χ4n) is 15.1. The molecule has 2 heterocycles. The Morgan fingerprint density at radius 2 is 0.642 bits per heavy atom. The summed E-state index contributed by atoms with van der Waals surface area (Å²) in [6.07, 6.45) is 0. The molecular weight excluding hydrogens is 977 g/mol. The normalized spacial score (nSPS) is 13.0. The third-order valence-electron chi connectivity index (χ3n) is 18.3. The molecule has 2 aliphatic rings. The van der Waals surface area contributed by atoms with E-state index in [2.05, 4.69) is 300 Å². The van der Waals surface area contributed by atoms with Gasteiger partial charge < -0.3 is 9.13 Å². The molecule has 14 aromatic carbocycles. The van der Waals surface area contributed by atoms with Crippen LogP contribution in [-0.2, 0) is 5.41 Å². The number of aromatic nitrogens is 2. The molecule has 2 aromatic heterocycles. The summed E-state index contributed by atoms with van der Waals surface area (Å²) >= 11 is 0. The van der Waals surface area contributed by atoms with E-state index in [0.717, 1.165) is 11.4 Å². The van der Waals surface area contributed by atoms with Gasteiger partial charge in [0.25, 0.3) is 0 Å². The molecule has 374 valence electrons. The van der Waals surface area contributed by atoms with Crippen LogP contribution in [0.25, 0.3) is 143 Å². The van der Waals surface area contributed by atoms with Gasteiger partial charge in [-0.3, -0.25) is 0 Å². The van der Waals surface area contributed by atoms with Crippen molar-refractivity contribution >= 4 is 75.9 Å². The fraction of sp³-hybridized carbons (Fsp3) is 0.0127. The van der Waals surface area contributed by atoms with Crippen LogP contribution in [0.1, 0.15) is 22.3 Å². The average Bonchev–Trinajstić information content (AvgIpc) is 2.78. The number of para-hydroxylation sites is 4. The molecule has 0 saturated carbocycles. The van der Waals surface area contributed by atoms with Gasteiger partial charge in [-0.25, -0.2) is 0 Å². The van der Waals surface area contributed by atoms with Crippen molar-refractivity contribution in [3.8, 4) is 67.0 Å². The maximum absolute atomic E-state index is 2.52. The third kappa shape index (κ3) is 6.00. The van der Waals surface area contributed by atoms with Crippen molar-refractivity contribution in [2.45, 2.75) is 5.41 Å². The Kier molecular flexibility index (Phi) is 9.18. The minimum absolute atomic E-state index is 0.589. The molecule has 0 saturated heterocycles. The quantitative estimate of drug-likeness (QED) is 0.152. The lowest BCUT2D eigenvalue weighted by Gasteiger charge is -2.33. The smallest absolute Gasteiger partial charge is 0.0731 e. The number of fused-ring (bicyclic) bond motifs is 20. The predicted octanol–water partition coefficient (Wildman–Crippen LogP) is 20.7. The minimum atomic E-state index is -0.589. The first kappa shape index (κ1) is 44.4. The molecule has 1 spiro atoms. The van der Waals surface area contributed by atoms with Gasteiger partial charge in [0, 0.05) is 32.9 Å². The predicted molar refractivity (Wildman–Crippen MR) is 340 cm³/mol. The summed E-state index contributed by atoms with van der Waals surface area (Å²) in [6, 6.07) is 110. The molecule has 0 radical (unpaired) electrons. The second-order valence-electron chi connectivity index (χ2n) is 22.2. The van der Waals surface area contributed by atoms with Crippen molar-refractivity contribution in [2.24, 2.45) is 0 Å². The Morgan fingerprint density at radius 1 is 0.222 bits per heavy atom. The topological polar surface area (TPSA) is 9.86 Å². The van der Waals surface area contributed by atoms with Gasteiger partial charge in [-0.2, -0.15) is 0 Å². The molecule has 0 atom stereocenters. The van der Waals surface area contributed by atoms with Crippen molar-refractivity contribution in [3.63, 3.8) is 0 Å². The van der Waals surface area contributed by atoms with Gasteiger partial charge >= 0.3 is 0 Å². The Hall–Kier alpha value is -10.5. The van der Waals surface area contributed by atoms with E-state index in [4.69, 9.17) is 0 Å². The van der Waals surface area contributed by atoms with E-state index >= 15 is 0 Å². The monoisotopic (exact) mass is 1020 g/mol. The van der Waals surface area contributed by atoms with Gasteiger partial charge in [0.2, 0.25) is 0 Å². The molecule has 2 heteroatoms. The molecule has 0 bridgehead atoms. The Balaban J connectivity index is 0.979. The van der Waals surface area contributed by atoms with Gasteiger partial charge in [0.05, 0.1) is 27.5 Å². The highest BCUT2D eigenvalue weighted by molar-refractivity contribution is 6.22. The van der Waals surface area contributed by atoms with E-state index < -0.39 is 5.41 Å².